The van der Waals surface area contributed by atoms with Gasteiger partial charge >= 0.3 is 0 Å². The molecule has 0 saturated carbocycles. The molecule has 0 aliphatic heterocycles. The Bertz CT molecular complexity index is 423. The molecule has 1 aromatic carbocycles. The van der Waals surface area contributed by atoms with Gasteiger partial charge in [0.05, 0.1) is 7.11 Å². The van der Waals surface area contributed by atoms with Gasteiger partial charge in [0.25, 0.3) is 5.91 Å². The topological polar surface area (TPSA) is 29.5 Å². The number of hydrogen-bond donors (Lipinski definition) is 0. The Morgan fingerprint density at radius 1 is 1.50 bits per heavy atom. The van der Waals surface area contributed by atoms with E-state index in [2.05, 4.69) is 0 Å². The summed E-state index contributed by atoms with van der Waals surface area (Å²) in [5.41, 5.74) is -0.0428. The maximum atomic E-state index is 13.8. The van der Waals surface area contributed by atoms with Crippen molar-refractivity contribution in [3.63, 3.8) is 0 Å². The molecule has 0 unspecified atom stereocenters. The Hall–Kier alpha value is -1.29. The molecule has 0 aliphatic rings. The van der Waals surface area contributed by atoms with Gasteiger partial charge < -0.3 is 9.64 Å². The fraction of sp³-hybridized carbons (Fsp3) is 0.462. The zero-order valence-electron chi connectivity index (χ0n) is 10.7. The van der Waals surface area contributed by atoms with Crippen LogP contribution in [0.3, 0.4) is 0 Å². The first-order chi connectivity index (χ1) is 8.52. The largest absolute Gasteiger partial charge is 0.496 e. The van der Waals surface area contributed by atoms with Crippen molar-refractivity contribution in [1.82, 2.24) is 4.90 Å². The van der Waals surface area contributed by atoms with Crippen LogP contribution in [0.15, 0.2) is 18.2 Å². The molecule has 3 nitrogen and oxygen atoms in total. The minimum absolute atomic E-state index is 0.0428. The Kier molecular flexibility index (Phi) is 5.41. The van der Waals surface area contributed by atoms with E-state index in [0.29, 0.717) is 12.4 Å². The zero-order valence-corrected chi connectivity index (χ0v) is 11.5. The van der Waals surface area contributed by atoms with Gasteiger partial charge in [-0.1, -0.05) is 6.07 Å². The van der Waals surface area contributed by atoms with Crippen LogP contribution >= 0.6 is 11.6 Å². The average molecular weight is 274 g/mol. The highest BCUT2D eigenvalue weighted by Gasteiger charge is 2.24. The van der Waals surface area contributed by atoms with E-state index < -0.39 is 11.7 Å². The van der Waals surface area contributed by atoms with E-state index in [-0.39, 0.29) is 17.4 Å². The van der Waals surface area contributed by atoms with E-state index in [9.17, 15) is 9.18 Å². The lowest BCUT2D eigenvalue weighted by Crippen LogP contribution is -2.39. The second kappa shape index (κ2) is 6.59. The van der Waals surface area contributed by atoms with Crippen molar-refractivity contribution in [1.29, 1.82) is 0 Å². The number of benzene rings is 1. The lowest BCUT2D eigenvalue weighted by Gasteiger charge is -2.26. The van der Waals surface area contributed by atoms with Gasteiger partial charge in [0.15, 0.2) is 0 Å². The first-order valence-corrected chi connectivity index (χ1v) is 6.25. The predicted octanol–water partition coefficient (Wildman–Crippen LogP) is 2.92. The maximum Gasteiger partial charge on any atom is 0.260 e. The van der Waals surface area contributed by atoms with Crippen LogP contribution in [-0.4, -0.2) is 36.4 Å². The molecule has 0 N–H and O–H groups in total. The number of hydrogen-bond acceptors (Lipinski definition) is 2. The number of halogens is 2. The molecule has 18 heavy (non-hydrogen) atoms. The van der Waals surface area contributed by atoms with E-state index >= 15 is 0 Å². The van der Waals surface area contributed by atoms with Crippen molar-refractivity contribution in [2.24, 2.45) is 0 Å². The number of nitrogens with zero attached hydrogens (tertiary/aromatic N) is 1. The van der Waals surface area contributed by atoms with E-state index in [0.717, 1.165) is 0 Å². The average Bonchev–Trinajstić information content (AvgIpc) is 2.34. The number of alkyl halides is 1. The number of amides is 1. The van der Waals surface area contributed by atoms with Crippen molar-refractivity contribution >= 4 is 17.5 Å². The van der Waals surface area contributed by atoms with Crippen molar-refractivity contribution in [2.45, 2.75) is 19.9 Å². The molecule has 0 aliphatic carbocycles. The normalized spacial score (nSPS) is 10.6. The maximum absolute atomic E-state index is 13.8. The monoisotopic (exact) mass is 273 g/mol. The van der Waals surface area contributed by atoms with Gasteiger partial charge in [0.1, 0.15) is 17.1 Å². The quantitative estimate of drug-likeness (QED) is 0.772. The number of carbonyl (C=O) groups is 1. The molecular weight excluding hydrogens is 257 g/mol. The summed E-state index contributed by atoms with van der Waals surface area (Å²) < 4.78 is 18.8. The summed E-state index contributed by atoms with van der Waals surface area (Å²) in [6.45, 7) is 4.09. The summed E-state index contributed by atoms with van der Waals surface area (Å²) >= 11 is 5.67. The molecular formula is C13H17ClFNO2. The van der Waals surface area contributed by atoms with Crippen molar-refractivity contribution in [3.8, 4) is 5.75 Å². The van der Waals surface area contributed by atoms with Gasteiger partial charge in [-0.05, 0) is 26.0 Å². The molecule has 0 fully saturated rings. The van der Waals surface area contributed by atoms with Crippen LogP contribution in [-0.2, 0) is 0 Å². The second-order valence-electron chi connectivity index (χ2n) is 4.10. The molecule has 0 atom stereocenters. The summed E-state index contributed by atoms with van der Waals surface area (Å²) in [5, 5.41) is 0. The number of rotatable bonds is 5. The predicted molar refractivity (Wildman–Crippen MR) is 69.8 cm³/mol. The molecule has 0 aromatic heterocycles. The van der Waals surface area contributed by atoms with Gasteiger partial charge in [-0.2, -0.15) is 0 Å². The SMILES string of the molecule is COc1cccc(F)c1C(=O)N(CCCl)C(C)C. The van der Waals surface area contributed by atoms with E-state index in [1.165, 1.54) is 24.1 Å². The van der Waals surface area contributed by atoms with Crippen LogP contribution in [0.5, 0.6) is 5.75 Å². The molecule has 0 bridgehead atoms. The Labute approximate surface area is 111 Å². The highest BCUT2D eigenvalue weighted by molar-refractivity contribution is 6.18. The minimum atomic E-state index is -0.584. The fourth-order valence-electron chi connectivity index (χ4n) is 1.71. The molecule has 1 aromatic rings. The number of methoxy groups -OCH3 is 1. The van der Waals surface area contributed by atoms with Crippen LogP contribution in [0.25, 0.3) is 0 Å². The van der Waals surface area contributed by atoms with E-state index in [1.54, 1.807) is 6.07 Å². The zero-order chi connectivity index (χ0) is 13.7. The molecule has 100 valence electrons. The molecule has 1 amide bonds. The first kappa shape index (κ1) is 14.8. The summed E-state index contributed by atoms with van der Waals surface area (Å²) in [7, 11) is 1.41. The van der Waals surface area contributed by atoms with Crippen LogP contribution < -0.4 is 4.74 Å². The molecule has 5 heteroatoms. The molecule has 0 saturated heterocycles. The third-order valence-electron chi connectivity index (χ3n) is 2.62. The van der Waals surface area contributed by atoms with Crippen molar-refractivity contribution < 1.29 is 13.9 Å². The molecule has 1 rings (SSSR count). The van der Waals surface area contributed by atoms with Gasteiger partial charge in [0.2, 0.25) is 0 Å². The minimum Gasteiger partial charge on any atom is -0.496 e. The Morgan fingerprint density at radius 2 is 2.17 bits per heavy atom. The summed E-state index contributed by atoms with van der Waals surface area (Å²) in [6, 6.07) is 4.26. The van der Waals surface area contributed by atoms with Crippen LogP contribution in [0.4, 0.5) is 4.39 Å². The fourth-order valence-corrected chi connectivity index (χ4v) is 1.89. The summed E-state index contributed by atoms with van der Waals surface area (Å²) in [4.78, 5) is 13.8. The highest BCUT2D eigenvalue weighted by atomic mass is 35.5. The third kappa shape index (κ3) is 3.13. The molecule has 0 spiro atoms. The van der Waals surface area contributed by atoms with E-state index in [4.69, 9.17) is 16.3 Å². The van der Waals surface area contributed by atoms with Crippen molar-refractivity contribution in [2.75, 3.05) is 19.5 Å². The molecule has 0 heterocycles. The van der Waals surface area contributed by atoms with Crippen molar-refractivity contribution in [3.05, 3.63) is 29.6 Å². The third-order valence-corrected chi connectivity index (χ3v) is 2.79. The number of ether oxygens (including phenoxy) is 1. The Morgan fingerprint density at radius 3 is 2.67 bits per heavy atom. The molecule has 0 radical (unpaired) electrons. The highest BCUT2D eigenvalue weighted by Crippen LogP contribution is 2.23. The second-order valence-corrected chi connectivity index (χ2v) is 4.48. The summed E-state index contributed by atoms with van der Waals surface area (Å²) in [5.74, 6) is -0.443. The lowest BCUT2D eigenvalue weighted by molar-refractivity contribution is 0.0710. The number of carbonyl (C=O) groups excluding carboxylic acids is 1. The van der Waals surface area contributed by atoms with Gasteiger partial charge in [-0.25, -0.2) is 4.39 Å². The van der Waals surface area contributed by atoms with Crippen LogP contribution in [0, 0.1) is 5.82 Å². The first-order valence-electron chi connectivity index (χ1n) is 5.72. The van der Waals surface area contributed by atoms with E-state index in [1.807, 2.05) is 13.8 Å². The standard InChI is InChI=1S/C13H17ClFNO2/c1-9(2)16(8-7-14)13(17)12-10(15)5-4-6-11(12)18-3/h4-6,9H,7-8H2,1-3H3. The lowest BCUT2D eigenvalue weighted by atomic mass is 10.1. The van der Waals surface area contributed by atoms with Crippen LogP contribution in [0.2, 0.25) is 0 Å². The van der Waals surface area contributed by atoms with Gasteiger partial charge in [-0.3, -0.25) is 4.79 Å². The van der Waals surface area contributed by atoms with Crippen LogP contribution in [0.1, 0.15) is 24.2 Å². The summed E-state index contributed by atoms with van der Waals surface area (Å²) in [6.07, 6.45) is 0. The van der Waals surface area contributed by atoms with Gasteiger partial charge in [0, 0.05) is 18.5 Å². The van der Waals surface area contributed by atoms with Gasteiger partial charge in [-0.15, -0.1) is 11.6 Å². The Balaban J connectivity index is 3.15. The smallest absolute Gasteiger partial charge is 0.260 e.